The number of rotatable bonds is 9. The van der Waals surface area contributed by atoms with Crippen molar-refractivity contribution in [2.45, 2.75) is 44.0 Å². The minimum absolute atomic E-state index is 0.217. The molecule has 2 aromatic carbocycles. The molecule has 1 saturated heterocycles. The maximum atomic E-state index is 13.4. The lowest BCUT2D eigenvalue weighted by atomic mass is 9.92. The van der Waals surface area contributed by atoms with E-state index in [-0.39, 0.29) is 6.04 Å². The van der Waals surface area contributed by atoms with Crippen molar-refractivity contribution in [1.82, 2.24) is 14.1 Å². The number of aliphatic imine (C=N–C) groups is 1. The summed E-state index contributed by atoms with van der Waals surface area (Å²) in [5.74, 6) is 0.501. The van der Waals surface area contributed by atoms with Gasteiger partial charge in [0, 0.05) is 31.4 Å². The Morgan fingerprint density at radius 3 is 2.29 bits per heavy atom. The Balaban J connectivity index is 1.42. The molecule has 0 amide bonds. The van der Waals surface area contributed by atoms with Crippen LogP contribution in [0.15, 0.2) is 82.4 Å². The molecule has 4 rings (SSSR count). The van der Waals surface area contributed by atoms with Crippen LogP contribution in [0.5, 0.6) is 0 Å². The number of hydrogen-bond acceptors (Lipinski definition) is 5. The summed E-state index contributed by atoms with van der Waals surface area (Å²) in [4.78, 5) is 10.0. The van der Waals surface area contributed by atoms with E-state index in [1.54, 1.807) is 35.6 Å². The molecule has 0 aromatic heterocycles. The number of hydrogen-bond donors (Lipinski definition) is 0. The van der Waals surface area contributed by atoms with Crippen LogP contribution in [-0.4, -0.2) is 68.0 Å². The normalized spacial score (nSPS) is 18.9. The van der Waals surface area contributed by atoms with Crippen LogP contribution in [0.3, 0.4) is 0 Å². The minimum Gasteiger partial charge on any atom is -0.371 e. The lowest BCUT2D eigenvalue weighted by Gasteiger charge is -2.36. The fourth-order valence-corrected chi connectivity index (χ4v) is 6.52. The first-order chi connectivity index (χ1) is 16.9. The molecule has 0 spiro atoms. The van der Waals surface area contributed by atoms with Gasteiger partial charge in [0.25, 0.3) is 0 Å². The molecule has 35 heavy (non-hydrogen) atoms. The number of nitrogens with zero attached hydrogens (tertiary/aromatic N) is 4. The molecule has 0 bridgehead atoms. The van der Waals surface area contributed by atoms with E-state index in [0.717, 1.165) is 57.5 Å². The summed E-state index contributed by atoms with van der Waals surface area (Å²) < 4.78 is 28.3. The second-order valence-electron chi connectivity index (χ2n) is 9.63. The first-order valence-corrected chi connectivity index (χ1v) is 14.1. The van der Waals surface area contributed by atoms with Crippen molar-refractivity contribution in [3.63, 3.8) is 0 Å². The molecule has 2 aliphatic heterocycles. The van der Waals surface area contributed by atoms with Crippen LogP contribution in [0, 0.1) is 5.92 Å². The van der Waals surface area contributed by atoms with Gasteiger partial charge >= 0.3 is 0 Å². The standard InChI is InChI=1S/C28H38N4O2S/c1-4-31-21-23(2)29-27(22-31)24-15-18-32(19-16-24)20-17-28(25-11-7-5-8-12-25)30(3)35(33,34)26-13-9-6-10-14-26/h5-14,22,24,28H,4,15-21H2,1-3H3. The predicted molar refractivity (Wildman–Crippen MR) is 143 cm³/mol. The number of likely N-dealkylation sites (tertiary alicyclic amines) is 1. The first kappa shape index (κ1) is 25.6. The summed E-state index contributed by atoms with van der Waals surface area (Å²) in [5.41, 5.74) is 3.45. The number of sulfonamides is 1. The van der Waals surface area contributed by atoms with E-state index in [9.17, 15) is 8.42 Å². The van der Waals surface area contributed by atoms with Crippen LogP contribution < -0.4 is 0 Å². The lowest BCUT2D eigenvalue weighted by molar-refractivity contribution is 0.180. The summed E-state index contributed by atoms with van der Waals surface area (Å²) in [6.45, 7) is 9.14. The van der Waals surface area contributed by atoms with Crippen LogP contribution >= 0.6 is 0 Å². The molecule has 0 saturated carbocycles. The Bertz CT molecular complexity index is 1120. The summed E-state index contributed by atoms with van der Waals surface area (Å²) >= 11 is 0. The highest BCUT2D eigenvalue weighted by atomic mass is 32.2. The molecule has 1 fully saturated rings. The van der Waals surface area contributed by atoms with Gasteiger partial charge in [0.1, 0.15) is 0 Å². The molecule has 0 aliphatic carbocycles. The first-order valence-electron chi connectivity index (χ1n) is 12.7. The van der Waals surface area contributed by atoms with Crippen LogP contribution in [0.2, 0.25) is 0 Å². The monoisotopic (exact) mass is 494 g/mol. The maximum absolute atomic E-state index is 13.4. The van der Waals surface area contributed by atoms with Crippen molar-refractivity contribution in [3.8, 4) is 0 Å². The summed E-state index contributed by atoms with van der Waals surface area (Å²) in [5, 5.41) is 0. The molecule has 1 atom stereocenters. The van der Waals surface area contributed by atoms with Gasteiger partial charge in [-0.25, -0.2) is 8.42 Å². The van der Waals surface area contributed by atoms with Crippen LogP contribution in [-0.2, 0) is 10.0 Å². The molecule has 0 N–H and O–H groups in total. The second-order valence-corrected chi connectivity index (χ2v) is 11.6. The van der Waals surface area contributed by atoms with Gasteiger partial charge in [-0.05, 0) is 70.4 Å². The quantitative estimate of drug-likeness (QED) is 0.503. The van der Waals surface area contributed by atoms with Crippen molar-refractivity contribution < 1.29 is 8.42 Å². The molecule has 1 unspecified atom stereocenters. The van der Waals surface area contributed by atoms with Gasteiger partial charge in [-0.3, -0.25) is 4.99 Å². The van der Waals surface area contributed by atoms with E-state index in [1.807, 2.05) is 36.4 Å². The van der Waals surface area contributed by atoms with Crippen LogP contribution in [0.4, 0.5) is 0 Å². The molecule has 6 nitrogen and oxygen atoms in total. The fraction of sp³-hybridized carbons (Fsp3) is 0.464. The van der Waals surface area contributed by atoms with Gasteiger partial charge in [-0.15, -0.1) is 0 Å². The SMILES string of the molecule is CCN1C=C(C2CCN(CCC(c3ccccc3)N(C)S(=O)(=O)c3ccccc3)CC2)N=C(C)C1. The van der Waals surface area contributed by atoms with Crippen LogP contribution in [0.1, 0.15) is 44.7 Å². The number of piperidine rings is 1. The fourth-order valence-electron chi connectivity index (χ4n) is 5.13. The van der Waals surface area contributed by atoms with E-state index in [2.05, 4.69) is 29.8 Å². The zero-order valence-electron chi connectivity index (χ0n) is 21.2. The molecule has 7 heteroatoms. The van der Waals surface area contributed by atoms with E-state index in [0.29, 0.717) is 10.8 Å². The van der Waals surface area contributed by atoms with E-state index in [1.165, 1.54) is 11.4 Å². The summed E-state index contributed by atoms with van der Waals surface area (Å²) in [6, 6.07) is 18.5. The smallest absolute Gasteiger partial charge is 0.243 e. The molecular weight excluding hydrogens is 456 g/mol. The molecule has 2 aromatic rings. The van der Waals surface area contributed by atoms with Gasteiger partial charge < -0.3 is 9.80 Å². The molecule has 0 radical (unpaired) electrons. The van der Waals surface area contributed by atoms with Crippen molar-refractivity contribution >= 4 is 15.7 Å². The Morgan fingerprint density at radius 1 is 1.03 bits per heavy atom. The van der Waals surface area contributed by atoms with E-state index < -0.39 is 10.0 Å². The number of benzene rings is 2. The van der Waals surface area contributed by atoms with Gasteiger partial charge in [-0.1, -0.05) is 48.5 Å². The summed E-state index contributed by atoms with van der Waals surface area (Å²) in [7, 11) is -1.88. The van der Waals surface area contributed by atoms with Gasteiger partial charge in [0.2, 0.25) is 10.0 Å². The molecule has 188 valence electrons. The van der Waals surface area contributed by atoms with Crippen molar-refractivity contribution in [1.29, 1.82) is 0 Å². The third-order valence-corrected chi connectivity index (χ3v) is 9.12. The Kier molecular flexibility index (Phi) is 8.42. The zero-order chi connectivity index (χ0) is 24.8. The average Bonchev–Trinajstić information content (AvgIpc) is 2.89. The average molecular weight is 495 g/mol. The van der Waals surface area contributed by atoms with Crippen molar-refractivity contribution in [3.05, 3.63) is 78.1 Å². The highest BCUT2D eigenvalue weighted by Gasteiger charge is 2.30. The lowest BCUT2D eigenvalue weighted by Crippen LogP contribution is -2.38. The maximum Gasteiger partial charge on any atom is 0.243 e. The van der Waals surface area contributed by atoms with Crippen molar-refractivity contribution in [2.24, 2.45) is 10.9 Å². The zero-order valence-corrected chi connectivity index (χ0v) is 22.0. The minimum atomic E-state index is -3.59. The number of allylic oxidation sites excluding steroid dienone is 1. The van der Waals surface area contributed by atoms with Crippen LogP contribution in [0.25, 0.3) is 0 Å². The van der Waals surface area contributed by atoms with E-state index in [4.69, 9.17) is 4.99 Å². The molecular formula is C28H38N4O2S. The predicted octanol–water partition coefficient (Wildman–Crippen LogP) is 4.79. The topological polar surface area (TPSA) is 56.2 Å². The summed E-state index contributed by atoms with van der Waals surface area (Å²) in [6.07, 6.45) is 5.19. The molecule has 2 aliphatic rings. The highest BCUT2D eigenvalue weighted by Crippen LogP contribution is 2.31. The largest absolute Gasteiger partial charge is 0.371 e. The van der Waals surface area contributed by atoms with Crippen molar-refractivity contribution in [2.75, 3.05) is 39.8 Å². The van der Waals surface area contributed by atoms with Gasteiger partial charge in [0.05, 0.1) is 23.2 Å². The highest BCUT2D eigenvalue weighted by molar-refractivity contribution is 7.89. The van der Waals surface area contributed by atoms with Gasteiger partial charge in [0.15, 0.2) is 0 Å². The van der Waals surface area contributed by atoms with E-state index >= 15 is 0 Å². The van der Waals surface area contributed by atoms with Gasteiger partial charge in [-0.2, -0.15) is 4.31 Å². The third kappa shape index (κ3) is 6.21. The third-order valence-electron chi connectivity index (χ3n) is 7.24. The Morgan fingerprint density at radius 2 is 1.66 bits per heavy atom. The Hall–Kier alpha value is -2.48. The second kappa shape index (κ2) is 11.5. The molecule has 2 heterocycles. The Labute approximate surface area is 211 Å².